The minimum atomic E-state index is 0.0258. The Morgan fingerprint density at radius 2 is 1.86 bits per heavy atom. The smallest absolute Gasteiger partial charge is 0.228 e. The Labute approximate surface area is 175 Å². The molecule has 6 fully saturated rings. The summed E-state index contributed by atoms with van der Waals surface area (Å²) in [7, 11) is 0. The van der Waals surface area contributed by atoms with Crippen molar-refractivity contribution in [3.8, 4) is 0 Å². The minimum Gasteiger partial charge on any atom is -0.371 e. The van der Waals surface area contributed by atoms with Gasteiger partial charge in [-0.1, -0.05) is 0 Å². The number of hydrogen-bond acceptors (Lipinski definition) is 5. The van der Waals surface area contributed by atoms with Crippen LogP contribution in [0.4, 0.5) is 0 Å². The Morgan fingerprint density at radius 3 is 2.46 bits per heavy atom. The van der Waals surface area contributed by atoms with E-state index in [0.29, 0.717) is 18.6 Å². The Bertz CT molecular complexity index is 750. The number of amides is 1. The van der Waals surface area contributed by atoms with Crippen molar-refractivity contribution in [2.75, 3.05) is 18.8 Å². The number of thioether (sulfide) groups is 1. The van der Waals surface area contributed by atoms with E-state index in [-0.39, 0.29) is 10.2 Å². The summed E-state index contributed by atoms with van der Waals surface area (Å²) >= 11 is 3.73. The second-order valence-electron chi connectivity index (χ2n) is 10.3. The molecule has 0 aromatic carbocycles. The molecule has 4 saturated carbocycles. The molecule has 1 aromatic rings. The highest BCUT2D eigenvalue weighted by atomic mass is 32.2. The van der Waals surface area contributed by atoms with Crippen LogP contribution in [0, 0.1) is 30.1 Å². The van der Waals surface area contributed by atoms with Crippen LogP contribution in [0.15, 0.2) is 5.38 Å². The van der Waals surface area contributed by atoms with Crippen molar-refractivity contribution in [2.24, 2.45) is 23.2 Å². The molecule has 1 amide bonds. The van der Waals surface area contributed by atoms with E-state index in [0.717, 1.165) is 53.7 Å². The molecule has 6 heteroatoms. The molecule has 4 nitrogen and oxygen atoms in total. The standard InChI is InChI=1S/C22H30N2O2S2/c1-14-23-18(10-27-14)9-26-19-8-22(28-11-19)12-24(13-22)20(25)21-5-15-2-16(6-21)4-17(3-15)7-21/h10,15-17,19H,2-9,11-13H2,1H3. The lowest BCUT2D eigenvalue weighted by atomic mass is 9.49. The predicted molar refractivity (Wildman–Crippen MR) is 112 cm³/mol. The van der Waals surface area contributed by atoms with E-state index in [1.54, 1.807) is 11.3 Å². The van der Waals surface area contributed by atoms with Gasteiger partial charge in [0.05, 0.1) is 33.6 Å². The van der Waals surface area contributed by atoms with Gasteiger partial charge in [0.25, 0.3) is 0 Å². The number of hydrogen-bond donors (Lipinski definition) is 0. The highest BCUT2D eigenvalue weighted by Crippen LogP contribution is 2.61. The molecule has 2 saturated heterocycles. The molecular weight excluding hydrogens is 388 g/mol. The maximum Gasteiger partial charge on any atom is 0.228 e. The summed E-state index contributed by atoms with van der Waals surface area (Å²) in [4.78, 5) is 20.2. The fourth-order valence-corrected chi connectivity index (χ4v) is 9.46. The van der Waals surface area contributed by atoms with Crippen LogP contribution in [-0.4, -0.2) is 45.5 Å². The van der Waals surface area contributed by atoms with Crippen LogP contribution in [-0.2, 0) is 16.1 Å². The maximum atomic E-state index is 13.5. The molecule has 1 atom stereocenters. The van der Waals surface area contributed by atoms with Crippen molar-refractivity contribution in [2.45, 2.75) is 69.3 Å². The third-order valence-electron chi connectivity index (χ3n) is 8.05. The zero-order valence-electron chi connectivity index (χ0n) is 16.7. The van der Waals surface area contributed by atoms with Gasteiger partial charge >= 0.3 is 0 Å². The second-order valence-corrected chi connectivity index (χ2v) is 12.9. The number of carbonyl (C=O) groups is 1. The Kier molecular flexibility index (Phi) is 4.19. The lowest BCUT2D eigenvalue weighted by Gasteiger charge is -2.59. The predicted octanol–water partition coefficient (Wildman–Crippen LogP) is 4.27. The first-order valence-corrected chi connectivity index (χ1v) is 12.8. The number of ether oxygens (including phenoxy) is 1. The Balaban J connectivity index is 1.05. The topological polar surface area (TPSA) is 42.4 Å². The average molecular weight is 419 g/mol. The van der Waals surface area contributed by atoms with Crippen LogP contribution < -0.4 is 0 Å². The van der Waals surface area contributed by atoms with Crippen LogP contribution in [0.25, 0.3) is 0 Å². The molecule has 2 aliphatic heterocycles. The van der Waals surface area contributed by atoms with Gasteiger partial charge in [-0.25, -0.2) is 4.98 Å². The molecule has 0 radical (unpaired) electrons. The van der Waals surface area contributed by atoms with Crippen LogP contribution >= 0.6 is 23.1 Å². The summed E-state index contributed by atoms with van der Waals surface area (Å²) in [6.07, 6.45) is 9.18. The van der Waals surface area contributed by atoms with E-state index in [1.807, 2.05) is 18.7 Å². The highest BCUT2D eigenvalue weighted by Gasteiger charge is 2.59. The number of aryl methyl sites for hydroxylation is 1. The average Bonchev–Trinajstić information content (AvgIpc) is 3.23. The number of aromatic nitrogens is 1. The quantitative estimate of drug-likeness (QED) is 0.732. The normalized spacial score (nSPS) is 40.2. The van der Waals surface area contributed by atoms with Crippen molar-refractivity contribution in [3.63, 3.8) is 0 Å². The number of likely N-dealkylation sites (tertiary alicyclic amines) is 1. The van der Waals surface area contributed by atoms with Crippen molar-refractivity contribution >= 4 is 29.0 Å². The van der Waals surface area contributed by atoms with Crippen molar-refractivity contribution in [1.82, 2.24) is 9.88 Å². The number of rotatable bonds is 4. The third-order valence-corrected chi connectivity index (χ3v) is 10.4. The molecule has 4 bridgehead atoms. The van der Waals surface area contributed by atoms with Crippen LogP contribution in [0.5, 0.6) is 0 Å². The molecule has 7 rings (SSSR count). The molecule has 6 aliphatic rings. The van der Waals surface area contributed by atoms with Crippen molar-refractivity contribution in [3.05, 3.63) is 16.1 Å². The highest BCUT2D eigenvalue weighted by molar-refractivity contribution is 8.01. The molecule has 152 valence electrons. The SMILES string of the molecule is Cc1nc(COC2CSC3(C2)CN(C(=O)C24CC5CC(CC(C5)C2)C4)C3)cs1. The van der Waals surface area contributed by atoms with Crippen molar-refractivity contribution in [1.29, 1.82) is 0 Å². The van der Waals surface area contributed by atoms with E-state index in [4.69, 9.17) is 4.74 Å². The van der Waals surface area contributed by atoms with Gasteiger partial charge < -0.3 is 9.64 Å². The summed E-state index contributed by atoms with van der Waals surface area (Å²) in [5.41, 5.74) is 1.08. The van der Waals surface area contributed by atoms with Gasteiger partial charge in [-0.05, 0) is 69.6 Å². The molecule has 0 N–H and O–H groups in total. The zero-order valence-corrected chi connectivity index (χ0v) is 18.3. The first-order chi connectivity index (χ1) is 13.5. The summed E-state index contributed by atoms with van der Waals surface area (Å²) < 4.78 is 6.41. The van der Waals surface area contributed by atoms with Gasteiger partial charge in [0.2, 0.25) is 5.91 Å². The molecule has 1 unspecified atom stereocenters. The van der Waals surface area contributed by atoms with Crippen LogP contribution in [0.3, 0.4) is 0 Å². The lowest BCUT2D eigenvalue weighted by Crippen LogP contribution is -2.65. The van der Waals surface area contributed by atoms with Gasteiger partial charge in [0.1, 0.15) is 0 Å². The zero-order chi connectivity index (χ0) is 18.9. The second kappa shape index (κ2) is 6.45. The summed E-state index contributed by atoms with van der Waals surface area (Å²) in [6.45, 7) is 4.57. The Hall–Kier alpha value is -0.590. The fourth-order valence-electron chi connectivity index (χ4n) is 7.31. The van der Waals surface area contributed by atoms with E-state index >= 15 is 0 Å². The maximum absolute atomic E-state index is 13.5. The molecule has 1 aromatic heterocycles. The van der Waals surface area contributed by atoms with Crippen molar-refractivity contribution < 1.29 is 9.53 Å². The van der Waals surface area contributed by atoms with Gasteiger partial charge in [-0.2, -0.15) is 0 Å². The van der Waals surface area contributed by atoms with Crippen LogP contribution in [0.2, 0.25) is 0 Å². The monoisotopic (exact) mass is 418 g/mol. The molecule has 4 aliphatic carbocycles. The van der Waals surface area contributed by atoms with Gasteiger partial charge in [0.15, 0.2) is 0 Å². The van der Waals surface area contributed by atoms with E-state index in [1.165, 1.54) is 38.5 Å². The number of thiazole rings is 1. The lowest BCUT2D eigenvalue weighted by molar-refractivity contribution is -0.163. The summed E-state index contributed by atoms with van der Waals surface area (Å²) in [6, 6.07) is 0. The Morgan fingerprint density at radius 1 is 1.18 bits per heavy atom. The third kappa shape index (κ3) is 2.97. The number of nitrogens with zero attached hydrogens (tertiary/aromatic N) is 2. The van der Waals surface area contributed by atoms with Gasteiger partial charge in [-0.3, -0.25) is 4.79 Å². The molecule has 1 spiro atoms. The van der Waals surface area contributed by atoms with E-state index in [2.05, 4.69) is 15.3 Å². The fraction of sp³-hybridized carbons (Fsp3) is 0.818. The molecule has 3 heterocycles. The largest absolute Gasteiger partial charge is 0.371 e. The first-order valence-electron chi connectivity index (χ1n) is 11.0. The molecular formula is C22H30N2O2S2. The molecule has 28 heavy (non-hydrogen) atoms. The van der Waals surface area contributed by atoms with Gasteiger partial charge in [0, 0.05) is 24.2 Å². The summed E-state index contributed by atoms with van der Waals surface area (Å²) in [5, 5.41) is 3.20. The minimum absolute atomic E-state index is 0.0258. The summed E-state index contributed by atoms with van der Waals surface area (Å²) in [5.74, 6) is 4.11. The first kappa shape index (κ1) is 18.2. The number of carbonyl (C=O) groups excluding carboxylic acids is 1. The van der Waals surface area contributed by atoms with Gasteiger partial charge in [-0.15, -0.1) is 23.1 Å². The van der Waals surface area contributed by atoms with Crippen LogP contribution in [0.1, 0.15) is 55.6 Å². The van der Waals surface area contributed by atoms with E-state index in [9.17, 15) is 4.79 Å². The van der Waals surface area contributed by atoms with E-state index < -0.39 is 0 Å².